The van der Waals surface area contributed by atoms with Gasteiger partial charge in [0.25, 0.3) is 0 Å². The fourth-order valence-electron chi connectivity index (χ4n) is 5.05. The number of nitrogens with one attached hydrogen (secondary N) is 2. The second kappa shape index (κ2) is 20.6. The number of anilines is 1. The van der Waals surface area contributed by atoms with Crippen molar-refractivity contribution in [3.8, 4) is 0 Å². The van der Waals surface area contributed by atoms with Gasteiger partial charge in [-0.3, -0.25) is 37.3 Å². The Bertz CT molecular complexity index is 2050. The molecule has 1 fully saturated rings. The van der Waals surface area contributed by atoms with Crippen LogP contribution in [0.1, 0.15) is 39.3 Å². The maximum Gasteiger partial charge on any atom is 0.481 e. The van der Waals surface area contributed by atoms with Crippen molar-refractivity contribution in [2.75, 3.05) is 37.8 Å². The second-order valence-electron chi connectivity index (χ2n) is 13.4. The van der Waals surface area contributed by atoms with Gasteiger partial charge in [-0.2, -0.15) is 4.31 Å². The summed E-state index contributed by atoms with van der Waals surface area (Å²) in [5.41, 5.74) is 1.29. The Morgan fingerprint density at radius 1 is 1.00 bits per heavy atom. The molecule has 2 amide bonds. The van der Waals surface area contributed by atoms with Crippen LogP contribution in [0.4, 0.5) is 5.82 Å². The molecule has 0 bridgehead atoms. The summed E-state index contributed by atoms with van der Waals surface area (Å²) in [5.74, 6) is -5.42. The number of carbonyl (C=O) groups is 5. The van der Waals surface area contributed by atoms with Crippen molar-refractivity contribution < 1.29 is 105 Å². The molecule has 33 heteroatoms. The van der Waals surface area contributed by atoms with Gasteiger partial charge >= 0.3 is 35.4 Å². The molecule has 0 aromatic carbocycles. The monoisotopic (exact) mass is 941 g/mol. The highest BCUT2D eigenvalue weighted by molar-refractivity contribution is 8.13. The number of aliphatic hydroxyl groups excluding tert-OH is 2. The van der Waals surface area contributed by atoms with Crippen LogP contribution in [-0.2, 0) is 60.3 Å². The molecule has 1 saturated heterocycles. The lowest BCUT2D eigenvalue weighted by Crippen LogP contribution is -2.46. The first-order valence-corrected chi connectivity index (χ1v) is 22.3. The Kier molecular flexibility index (Phi) is 17.4. The van der Waals surface area contributed by atoms with Crippen LogP contribution in [0.25, 0.3) is 11.2 Å². The number of carboxylic acids is 2. The summed E-state index contributed by atoms with van der Waals surface area (Å²) in [6.07, 6.45) is -9.60. The zero-order valence-corrected chi connectivity index (χ0v) is 34.6. The Labute approximate surface area is 341 Å². The summed E-state index contributed by atoms with van der Waals surface area (Å²) in [5, 5.41) is 52.9. The van der Waals surface area contributed by atoms with Crippen LogP contribution in [0.2, 0.25) is 0 Å². The standard InChI is InChI=1S/C27H42N7O22P3S/c1-26(2,20(40)23(41)30-4-3-14(35)29-5-6-60-16(38)8-27(44,25(42)43)7-15(36)37)10-53-59(50,51)56-58(48,49)52-9-13-19(55-57(45,46)47)18(39)24(54-13)34-12-33-17-21(28)31-11-32-22(17)34/h11-13,18-20,24,39-40,44H,3-10H2,1-2H3,(H,29,35)(H,30,41)(H,36,37)(H,42,43)(H,48,49)(H,50,51)(H2,28,31,32)(H2,45,46,47). The largest absolute Gasteiger partial charge is 0.481 e. The predicted octanol–water partition coefficient (Wildman–Crippen LogP) is -2.65. The van der Waals surface area contributed by atoms with Gasteiger partial charge < -0.3 is 66.2 Å². The number of hydrogen-bond donors (Lipinski definition) is 12. The first kappa shape index (κ1) is 50.8. The van der Waals surface area contributed by atoms with E-state index in [0.29, 0.717) is 11.8 Å². The van der Waals surface area contributed by atoms with Crippen LogP contribution in [0.15, 0.2) is 12.7 Å². The molecular weight excluding hydrogens is 899 g/mol. The van der Waals surface area contributed by atoms with Crippen molar-refractivity contribution >= 4 is 81.1 Å². The number of hydrogen-bond acceptors (Lipinski definition) is 21. The summed E-state index contributed by atoms with van der Waals surface area (Å²) in [6, 6.07) is 0. The number of aliphatic carboxylic acids is 2. The van der Waals surface area contributed by atoms with E-state index in [9.17, 15) is 72.6 Å². The zero-order valence-electron chi connectivity index (χ0n) is 31.1. The summed E-state index contributed by atoms with van der Waals surface area (Å²) in [6.45, 7) is -0.246. The fraction of sp³-hybridized carbons (Fsp3) is 0.630. The van der Waals surface area contributed by atoms with Crippen LogP contribution in [0.5, 0.6) is 0 Å². The van der Waals surface area contributed by atoms with Gasteiger partial charge in [0, 0.05) is 30.7 Å². The van der Waals surface area contributed by atoms with Gasteiger partial charge in [0.15, 0.2) is 28.4 Å². The quantitative estimate of drug-likeness (QED) is 0.0378. The maximum absolute atomic E-state index is 12.7. The molecule has 1 aliphatic rings. The van der Waals surface area contributed by atoms with Crippen molar-refractivity contribution in [3.05, 3.63) is 12.7 Å². The van der Waals surface area contributed by atoms with Gasteiger partial charge in [0.2, 0.25) is 11.8 Å². The van der Waals surface area contributed by atoms with Gasteiger partial charge in [0.1, 0.15) is 36.3 Å². The highest BCUT2D eigenvalue weighted by Gasteiger charge is 2.50. The molecule has 3 heterocycles. The third-order valence-corrected chi connectivity index (χ3v) is 12.0. The van der Waals surface area contributed by atoms with Gasteiger partial charge in [0.05, 0.1) is 32.4 Å². The van der Waals surface area contributed by atoms with Gasteiger partial charge in [-0.25, -0.2) is 33.4 Å². The van der Waals surface area contributed by atoms with E-state index in [0.717, 1.165) is 17.2 Å². The number of carboxylic acid groups (broad SMARTS) is 2. The number of aliphatic hydroxyl groups is 3. The number of thioether (sulfide) groups is 1. The minimum absolute atomic E-state index is 0.00286. The molecule has 3 rings (SSSR count). The normalized spacial score (nSPS) is 21.9. The number of ether oxygens (including phenoxy) is 1. The van der Waals surface area contributed by atoms with Crippen LogP contribution in [-0.4, -0.2) is 156 Å². The number of nitrogens with two attached hydrogens (primary N) is 1. The molecule has 0 saturated carbocycles. The molecule has 8 atom stereocenters. The lowest BCUT2D eigenvalue weighted by Gasteiger charge is -2.30. The topological polar surface area (TPSA) is 458 Å². The molecule has 13 N–H and O–H groups in total. The molecule has 29 nitrogen and oxygen atoms in total. The second-order valence-corrected chi connectivity index (χ2v) is 18.8. The van der Waals surface area contributed by atoms with E-state index in [4.69, 9.17) is 29.7 Å². The molecule has 60 heavy (non-hydrogen) atoms. The maximum atomic E-state index is 12.7. The summed E-state index contributed by atoms with van der Waals surface area (Å²) < 4.78 is 61.9. The van der Waals surface area contributed by atoms with Crippen molar-refractivity contribution in [2.45, 2.75) is 69.4 Å². The Morgan fingerprint density at radius 2 is 1.65 bits per heavy atom. The van der Waals surface area contributed by atoms with Crippen molar-refractivity contribution in [3.63, 3.8) is 0 Å². The number of phosphoric ester groups is 3. The average Bonchev–Trinajstić information content (AvgIpc) is 3.67. The summed E-state index contributed by atoms with van der Waals surface area (Å²) in [7, 11) is -16.5. The molecular formula is C27H42N7O22P3S. The Balaban J connectivity index is 1.46. The number of imidazole rings is 1. The lowest BCUT2D eigenvalue weighted by atomic mass is 9.87. The number of nitrogens with zero attached hydrogens (tertiary/aromatic N) is 4. The zero-order chi connectivity index (χ0) is 45.4. The van der Waals surface area contributed by atoms with E-state index in [1.165, 1.54) is 13.8 Å². The first-order valence-electron chi connectivity index (χ1n) is 16.8. The number of nitrogen functional groups attached to an aromatic ring is 1. The van der Waals surface area contributed by atoms with E-state index < -0.39 is 120 Å². The van der Waals surface area contributed by atoms with Crippen LogP contribution in [0.3, 0.4) is 0 Å². The number of fused-ring (bicyclic) bond motifs is 1. The highest BCUT2D eigenvalue weighted by Crippen LogP contribution is 2.61. The molecule has 2 aromatic rings. The summed E-state index contributed by atoms with van der Waals surface area (Å²) in [4.78, 5) is 109. The van der Waals surface area contributed by atoms with Crippen LogP contribution < -0.4 is 16.4 Å². The van der Waals surface area contributed by atoms with Crippen LogP contribution >= 0.6 is 35.2 Å². The molecule has 2 aromatic heterocycles. The Morgan fingerprint density at radius 3 is 2.27 bits per heavy atom. The minimum atomic E-state index is -5.63. The highest BCUT2D eigenvalue weighted by atomic mass is 32.2. The molecule has 8 unspecified atom stereocenters. The number of aromatic nitrogens is 4. The van der Waals surface area contributed by atoms with E-state index in [-0.39, 0.29) is 42.2 Å². The average molecular weight is 942 g/mol. The van der Waals surface area contributed by atoms with Crippen molar-refractivity contribution in [1.82, 2.24) is 30.2 Å². The van der Waals surface area contributed by atoms with E-state index in [1.807, 2.05) is 0 Å². The van der Waals surface area contributed by atoms with Crippen LogP contribution in [0, 0.1) is 5.41 Å². The number of rotatable bonds is 24. The lowest BCUT2D eigenvalue weighted by molar-refractivity contribution is -0.166. The van der Waals surface area contributed by atoms with Gasteiger partial charge in [-0.1, -0.05) is 25.6 Å². The smallest absolute Gasteiger partial charge is 0.481 e. The molecule has 338 valence electrons. The molecule has 0 aliphatic carbocycles. The van der Waals surface area contributed by atoms with E-state index >= 15 is 0 Å². The summed E-state index contributed by atoms with van der Waals surface area (Å²) >= 11 is 0.525. The molecule has 1 aliphatic heterocycles. The van der Waals surface area contributed by atoms with Gasteiger partial charge in [-0.05, 0) is 0 Å². The number of phosphoric acid groups is 3. The molecule has 0 radical (unpaired) electrons. The Hall–Kier alpha value is -3.54. The number of amides is 2. The third kappa shape index (κ3) is 14.8. The van der Waals surface area contributed by atoms with Crippen molar-refractivity contribution in [2.24, 2.45) is 5.41 Å². The van der Waals surface area contributed by atoms with Crippen molar-refractivity contribution in [1.29, 1.82) is 0 Å². The van der Waals surface area contributed by atoms with E-state index in [1.54, 1.807) is 0 Å². The molecule has 0 spiro atoms. The number of carbonyl (C=O) groups excluding carboxylic acids is 3. The SMILES string of the molecule is CC(C)(COP(=O)(O)OP(=O)(O)OCC1OC(n2cnc3c(N)ncnc32)C(O)C1OP(=O)(O)O)C(O)C(=O)NCCC(=O)NCCSC(=O)CC(O)(CC(=O)O)C(=O)O. The minimum Gasteiger partial charge on any atom is -0.481 e. The van der Waals surface area contributed by atoms with E-state index in [2.05, 4.69) is 34.4 Å². The fourth-order valence-corrected chi connectivity index (χ4v) is 8.65. The van der Waals surface area contributed by atoms with Gasteiger partial charge in [-0.15, -0.1) is 0 Å². The third-order valence-electron chi connectivity index (χ3n) is 8.04. The predicted molar refractivity (Wildman–Crippen MR) is 197 cm³/mol. The first-order chi connectivity index (χ1) is 27.6.